The fraction of sp³-hybridized carbons (Fsp3) is 0.111. The Morgan fingerprint density at radius 3 is 2.75 bits per heavy atom. The van der Waals surface area contributed by atoms with E-state index in [0.29, 0.717) is 22.4 Å². The van der Waals surface area contributed by atoms with Gasteiger partial charge in [0, 0.05) is 11.5 Å². The monoisotopic (exact) mass is 323 g/mol. The minimum Gasteiger partial charge on any atom is -0.491 e. The van der Waals surface area contributed by atoms with Crippen LogP contribution in [-0.2, 0) is 0 Å². The molecule has 2 heterocycles. The molecule has 0 bridgehead atoms. The number of aromatic nitrogens is 1. The number of aliphatic hydroxyl groups excluding tert-OH is 1. The van der Waals surface area contributed by atoms with E-state index in [9.17, 15) is 4.79 Å². The van der Waals surface area contributed by atoms with E-state index >= 15 is 0 Å². The molecule has 0 aliphatic heterocycles. The quantitative estimate of drug-likeness (QED) is 0.581. The first-order valence-electron chi connectivity index (χ1n) is 7.42. The Balaban J connectivity index is 1.81. The number of para-hydroxylation sites is 2. The van der Waals surface area contributed by atoms with Crippen LogP contribution in [0.15, 0.2) is 62.2 Å². The van der Waals surface area contributed by atoms with Crippen molar-refractivity contribution in [3.05, 3.63) is 59.0 Å². The zero-order valence-corrected chi connectivity index (χ0v) is 12.6. The van der Waals surface area contributed by atoms with Crippen LogP contribution < -0.4 is 10.4 Å². The minimum atomic E-state index is -0.534. The van der Waals surface area contributed by atoms with Gasteiger partial charge in [0.05, 0.1) is 6.61 Å². The van der Waals surface area contributed by atoms with Crippen molar-refractivity contribution in [3.8, 4) is 17.2 Å². The van der Waals surface area contributed by atoms with Gasteiger partial charge >= 0.3 is 5.63 Å². The SMILES string of the molecule is O=c1oc2cc(OCCO)ccc2cc1-c1nc2ccccc2o1. The van der Waals surface area contributed by atoms with Gasteiger partial charge in [-0.1, -0.05) is 12.1 Å². The van der Waals surface area contributed by atoms with E-state index in [1.54, 1.807) is 30.3 Å². The Kier molecular flexibility index (Phi) is 3.51. The largest absolute Gasteiger partial charge is 0.491 e. The lowest BCUT2D eigenvalue weighted by Crippen LogP contribution is -2.04. The number of aliphatic hydroxyl groups is 1. The number of benzene rings is 2. The predicted molar refractivity (Wildman–Crippen MR) is 88.1 cm³/mol. The molecule has 0 unspecified atom stereocenters. The number of fused-ring (bicyclic) bond motifs is 2. The molecular formula is C18H13NO5. The zero-order chi connectivity index (χ0) is 16.5. The molecule has 6 nitrogen and oxygen atoms in total. The second-order valence-corrected chi connectivity index (χ2v) is 5.21. The molecule has 0 saturated carbocycles. The fourth-order valence-electron chi connectivity index (χ4n) is 2.48. The van der Waals surface area contributed by atoms with Gasteiger partial charge in [-0.3, -0.25) is 0 Å². The molecule has 0 radical (unpaired) electrons. The van der Waals surface area contributed by atoms with Crippen LogP contribution in [0, 0.1) is 0 Å². The van der Waals surface area contributed by atoms with Crippen LogP contribution in [-0.4, -0.2) is 23.3 Å². The third kappa shape index (κ3) is 2.53. The van der Waals surface area contributed by atoms with E-state index in [4.69, 9.17) is 18.7 Å². The third-order valence-electron chi connectivity index (χ3n) is 3.59. The highest BCUT2D eigenvalue weighted by atomic mass is 16.5. The summed E-state index contributed by atoms with van der Waals surface area (Å²) >= 11 is 0. The average molecular weight is 323 g/mol. The second kappa shape index (κ2) is 5.82. The molecule has 0 aliphatic carbocycles. The van der Waals surface area contributed by atoms with Crippen LogP contribution in [0.3, 0.4) is 0 Å². The summed E-state index contributed by atoms with van der Waals surface area (Å²) in [5.41, 5.74) is 1.42. The number of hydrogen-bond acceptors (Lipinski definition) is 6. The Morgan fingerprint density at radius 1 is 1.04 bits per heavy atom. The first kappa shape index (κ1) is 14.5. The highest BCUT2D eigenvalue weighted by Crippen LogP contribution is 2.26. The molecule has 0 saturated heterocycles. The van der Waals surface area contributed by atoms with Gasteiger partial charge in [-0.2, -0.15) is 0 Å². The summed E-state index contributed by atoms with van der Waals surface area (Å²) in [5.74, 6) is 0.752. The van der Waals surface area contributed by atoms with Gasteiger partial charge in [0.2, 0.25) is 5.89 Å². The van der Waals surface area contributed by atoms with Crippen LogP contribution in [0.5, 0.6) is 5.75 Å². The van der Waals surface area contributed by atoms with Crippen LogP contribution >= 0.6 is 0 Å². The van der Waals surface area contributed by atoms with Gasteiger partial charge in [0.25, 0.3) is 0 Å². The van der Waals surface area contributed by atoms with Gasteiger partial charge in [-0.15, -0.1) is 0 Å². The maximum absolute atomic E-state index is 12.3. The van der Waals surface area contributed by atoms with Gasteiger partial charge in [0.1, 0.15) is 29.0 Å². The van der Waals surface area contributed by atoms with E-state index in [1.165, 1.54) is 0 Å². The van der Waals surface area contributed by atoms with E-state index < -0.39 is 5.63 Å². The standard InChI is InChI=1S/C18H13NO5/c20-7-8-22-12-6-5-11-9-13(18(21)24-16(11)10-12)17-19-14-3-1-2-4-15(14)23-17/h1-6,9-10,20H,7-8H2. The number of nitrogens with zero attached hydrogens (tertiary/aromatic N) is 1. The van der Waals surface area contributed by atoms with Crippen molar-refractivity contribution in [1.29, 1.82) is 0 Å². The van der Waals surface area contributed by atoms with E-state index in [0.717, 1.165) is 5.39 Å². The van der Waals surface area contributed by atoms with Crippen LogP contribution in [0.25, 0.3) is 33.5 Å². The molecule has 0 atom stereocenters. The Hall–Kier alpha value is -3.12. The zero-order valence-electron chi connectivity index (χ0n) is 12.6. The summed E-state index contributed by atoms with van der Waals surface area (Å²) in [5, 5.41) is 9.52. The summed E-state index contributed by atoms with van der Waals surface area (Å²) in [6.07, 6.45) is 0. The smallest absolute Gasteiger partial charge is 0.349 e. The molecule has 0 fully saturated rings. The first-order valence-corrected chi connectivity index (χ1v) is 7.42. The van der Waals surface area contributed by atoms with Gasteiger partial charge in [-0.25, -0.2) is 9.78 Å². The van der Waals surface area contributed by atoms with Crippen LogP contribution in [0.2, 0.25) is 0 Å². The van der Waals surface area contributed by atoms with Crippen LogP contribution in [0.4, 0.5) is 0 Å². The average Bonchev–Trinajstić information content (AvgIpc) is 3.03. The number of hydrogen-bond donors (Lipinski definition) is 1. The van der Waals surface area contributed by atoms with E-state index in [2.05, 4.69) is 4.98 Å². The van der Waals surface area contributed by atoms with Gasteiger partial charge in [0.15, 0.2) is 5.58 Å². The predicted octanol–water partition coefficient (Wildman–Crippen LogP) is 2.97. The van der Waals surface area contributed by atoms with E-state index in [1.807, 2.05) is 18.2 Å². The normalized spacial score (nSPS) is 11.2. The summed E-state index contributed by atoms with van der Waals surface area (Å²) in [6, 6.07) is 14.1. The van der Waals surface area contributed by atoms with Crippen molar-refractivity contribution >= 4 is 22.1 Å². The fourth-order valence-corrected chi connectivity index (χ4v) is 2.48. The molecule has 2 aromatic carbocycles. The van der Waals surface area contributed by atoms with Gasteiger partial charge < -0.3 is 18.7 Å². The Bertz CT molecular complexity index is 1050. The molecule has 2 aromatic heterocycles. The Labute approximate surface area is 135 Å². The second-order valence-electron chi connectivity index (χ2n) is 5.21. The highest BCUT2D eigenvalue weighted by molar-refractivity contribution is 5.83. The Morgan fingerprint density at radius 2 is 1.92 bits per heavy atom. The number of oxazole rings is 1. The summed E-state index contributed by atoms with van der Waals surface area (Å²) in [7, 11) is 0. The molecular weight excluding hydrogens is 310 g/mol. The van der Waals surface area contributed by atoms with Crippen molar-refractivity contribution in [3.63, 3.8) is 0 Å². The number of rotatable bonds is 4. The van der Waals surface area contributed by atoms with Gasteiger partial charge in [-0.05, 0) is 30.3 Å². The third-order valence-corrected chi connectivity index (χ3v) is 3.59. The summed E-state index contributed by atoms with van der Waals surface area (Å²) in [4.78, 5) is 16.6. The minimum absolute atomic E-state index is 0.0847. The molecule has 4 aromatic rings. The van der Waals surface area contributed by atoms with Crippen molar-refractivity contribution in [1.82, 2.24) is 4.98 Å². The van der Waals surface area contributed by atoms with Crippen molar-refractivity contribution in [2.45, 2.75) is 0 Å². The van der Waals surface area contributed by atoms with Crippen LogP contribution in [0.1, 0.15) is 0 Å². The molecule has 0 aliphatic rings. The first-order chi connectivity index (χ1) is 11.7. The molecule has 6 heteroatoms. The van der Waals surface area contributed by atoms with Crippen molar-refractivity contribution in [2.24, 2.45) is 0 Å². The van der Waals surface area contributed by atoms with E-state index in [-0.39, 0.29) is 24.7 Å². The molecule has 0 amide bonds. The maximum Gasteiger partial charge on any atom is 0.349 e. The lowest BCUT2D eigenvalue weighted by Gasteiger charge is -2.05. The number of ether oxygens (including phenoxy) is 1. The summed E-state index contributed by atoms with van der Waals surface area (Å²) in [6.45, 7) is 0.0926. The molecule has 1 N–H and O–H groups in total. The molecule has 0 spiro atoms. The lowest BCUT2D eigenvalue weighted by molar-refractivity contribution is 0.201. The van der Waals surface area contributed by atoms with Crippen molar-refractivity contribution < 1.29 is 18.7 Å². The molecule has 120 valence electrons. The molecule has 24 heavy (non-hydrogen) atoms. The highest BCUT2D eigenvalue weighted by Gasteiger charge is 2.14. The van der Waals surface area contributed by atoms with Crippen molar-refractivity contribution in [2.75, 3.05) is 13.2 Å². The lowest BCUT2D eigenvalue weighted by atomic mass is 10.2. The maximum atomic E-state index is 12.3. The topological polar surface area (TPSA) is 85.7 Å². The summed E-state index contributed by atoms with van der Waals surface area (Å²) < 4.78 is 16.3. The molecule has 4 rings (SSSR count).